The molecule has 1 saturated heterocycles. The minimum atomic E-state index is -3.60. The molecule has 0 radical (unpaired) electrons. The highest BCUT2D eigenvalue weighted by molar-refractivity contribution is 5.87. The van der Waals surface area contributed by atoms with Gasteiger partial charge in [0.15, 0.2) is 5.67 Å². The van der Waals surface area contributed by atoms with Gasteiger partial charge in [0.2, 0.25) is 0 Å². The molecule has 0 aliphatic carbocycles. The van der Waals surface area contributed by atoms with Gasteiger partial charge in [-0.2, -0.15) is 0 Å². The van der Waals surface area contributed by atoms with Gasteiger partial charge in [-0.15, -0.1) is 0 Å². The zero-order chi connectivity index (χ0) is 14.5. The number of carbonyl (C=O) groups is 1. The Hall–Kier alpha value is -1.59. The normalized spacial score (nSPS) is 33.9. The van der Waals surface area contributed by atoms with Crippen LogP contribution < -0.4 is 5.32 Å². The van der Waals surface area contributed by atoms with E-state index in [0.29, 0.717) is 0 Å². The van der Waals surface area contributed by atoms with Crippen molar-refractivity contribution in [2.45, 2.75) is 37.4 Å². The van der Waals surface area contributed by atoms with Crippen LogP contribution in [-0.4, -0.2) is 17.5 Å². The van der Waals surface area contributed by atoms with Crippen molar-refractivity contribution in [2.75, 3.05) is 0 Å². The van der Waals surface area contributed by atoms with E-state index in [1.807, 2.05) is 5.32 Å². The van der Waals surface area contributed by atoms with Crippen molar-refractivity contribution in [1.29, 1.82) is 0 Å². The highest BCUT2D eigenvalue weighted by Gasteiger charge is 2.63. The van der Waals surface area contributed by atoms with Gasteiger partial charge >= 0.3 is 0 Å². The number of amides is 1. The van der Waals surface area contributed by atoms with Crippen LogP contribution in [0.4, 0.5) is 17.6 Å². The first-order chi connectivity index (χ1) is 8.60. The van der Waals surface area contributed by atoms with Gasteiger partial charge in [0.1, 0.15) is 11.4 Å². The zero-order valence-corrected chi connectivity index (χ0v) is 10.4. The zero-order valence-electron chi connectivity index (χ0n) is 10.4. The summed E-state index contributed by atoms with van der Waals surface area (Å²) in [6, 6.07) is 4.91. The fourth-order valence-electron chi connectivity index (χ4n) is 2.25. The molecule has 1 heterocycles. The molecule has 0 aromatic heterocycles. The third kappa shape index (κ3) is 1.99. The Kier molecular flexibility index (Phi) is 2.88. The smallest absolute Gasteiger partial charge is 0.278 e. The van der Waals surface area contributed by atoms with E-state index in [4.69, 9.17) is 0 Å². The lowest BCUT2D eigenvalue weighted by molar-refractivity contribution is -0.175. The number of piperidine rings is 1. The monoisotopic (exact) mass is 275 g/mol. The molecule has 1 amide bonds. The molecular formula is C13H13F4NO. The Morgan fingerprint density at radius 1 is 1.16 bits per heavy atom. The van der Waals surface area contributed by atoms with Gasteiger partial charge in [-0.3, -0.25) is 4.79 Å². The van der Waals surface area contributed by atoms with E-state index >= 15 is 0 Å². The number of alkyl halides is 3. The van der Waals surface area contributed by atoms with Crippen molar-refractivity contribution in [1.82, 2.24) is 5.32 Å². The molecule has 1 aromatic rings. The molecule has 0 spiro atoms. The number of halogens is 4. The van der Waals surface area contributed by atoms with Crippen LogP contribution in [0.25, 0.3) is 0 Å². The lowest BCUT2D eigenvalue weighted by atomic mass is 9.76. The molecule has 0 bridgehead atoms. The number of hydrogen-bond donors (Lipinski definition) is 1. The Bertz CT molecular complexity index is 529. The number of hydrogen-bond acceptors (Lipinski definition) is 1. The largest absolute Gasteiger partial charge is 0.338 e. The highest BCUT2D eigenvalue weighted by Crippen LogP contribution is 2.47. The topological polar surface area (TPSA) is 29.1 Å². The maximum absolute atomic E-state index is 14.2. The Balaban J connectivity index is 2.54. The molecule has 1 aromatic carbocycles. The minimum Gasteiger partial charge on any atom is -0.338 e. The number of benzene rings is 1. The van der Waals surface area contributed by atoms with E-state index in [9.17, 15) is 22.4 Å². The Morgan fingerprint density at radius 3 is 2.32 bits per heavy atom. The van der Waals surface area contributed by atoms with Crippen LogP contribution in [0, 0.1) is 5.82 Å². The van der Waals surface area contributed by atoms with Gasteiger partial charge in [0, 0.05) is 5.56 Å². The maximum atomic E-state index is 14.2. The van der Waals surface area contributed by atoms with Crippen molar-refractivity contribution in [2.24, 2.45) is 0 Å². The second-order valence-corrected chi connectivity index (χ2v) is 5.14. The molecule has 104 valence electrons. The van der Waals surface area contributed by atoms with E-state index in [-0.39, 0.29) is 5.56 Å². The predicted molar refractivity (Wildman–Crippen MR) is 61.0 cm³/mol. The highest BCUT2D eigenvalue weighted by atomic mass is 19.3. The lowest BCUT2D eigenvalue weighted by Crippen LogP contribution is -2.66. The van der Waals surface area contributed by atoms with Crippen LogP contribution in [0.2, 0.25) is 0 Å². The molecule has 19 heavy (non-hydrogen) atoms. The summed E-state index contributed by atoms with van der Waals surface area (Å²) in [4.78, 5) is 11.6. The molecule has 1 fully saturated rings. The molecule has 2 atom stereocenters. The van der Waals surface area contributed by atoms with Crippen molar-refractivity contribution in [3.05, 3.63) is 35.6 Å². The summed E-state index contributed by atoms with van der Waals surface area (Å²) >= 11 is 0. The average Bonchev–Trinajstić information content (AvgIpc) is 2.26. The van der Waals surface area contributed by atoms with Crippen LogP contribution in [0.3, 0.4) is 0 Å². The molecule has 1 aliphatic heterocycles. The summed E-state index contributed by atoms with van der Waals surface area (Å²) in [6.45, 7) is 1.79. The van der Waals surface area contributed by atoms with Gasteiger partial charge in [-0.1, -0.05) is 18.2 Å². The fraction of sp³-hybridized carbons (Fsp3) is 0.462. The Labute approximate surface area is 107 Å². The predicted octanol–water partition coefficient (Wildman–Crippen LogP) is 2.92. The number of nitrogens with one attached hydrogen (secondary N) is 1. The number of carbonyl (C=O) groups excluding carboxylic acids is 1. The summed E-state index contributed by atoms with van der Waals surface area (Å²) in [6.07, 6.45) is -1.28. The minimum absolute atomic E-state index is 0.358. The average molecular weight is 275 g/mol. The van der Waals surface area contributed by atoms with Crippen molar-refractivity contribution in [3.63, 3.8) is 0 Å². The van der Waals surface area contributed by atoms with Crippen LogP contribution in [0.15, 0.2) is 24.3 Å². The molecular weight excluding hydrogens is 262 g/mol. The fourth-order valence-corrected chi connectivity index (χ4v) is 2.25. The van der Waals surface area contributed by atoms with Gasteiger partial charge in [-0.25, -0.2) is 17.6 Å². The molecule has 1 N–H and O–H groups in total. The summed E-state index contributed by atoms with van der Waals surface area (Å²) in [7, 11) is 0. The van der Waals surface area contributed by atoms with Crippen molar-refractivity contribution in [3.8, 4) is 0 Å². The first-order valence-corrected chi connectivity index (χ1v) is 5.74. The second kappa shape index (κ2) is 3.95. The molecule has 0 saturated carbocycles. The van der Waals surface area contributed by atoms with Crippen molar-refractivity contribution < 1.29 is 22.4 Å². The molecule has 1 aliphatic rings. The van der Waals surface area contributed by atoms with Gasteiger partial charge in [-0.05, 0) is 19.9 Å². The van der Waals surface area contributed by atoms with E-state index < -0.39 is 35.3 Å². The molecule has 2 nitrogen and oxygen atoms in total. The van der Waals surface area contributed by atoms with Gasteiger partial charge in [0.25, 0.3) is 11.8 Å². The van der Waals surface area contributed by atoms with E-state index in [2.05, 4.69) is 0 Å². The van der Waals surface area contributed by atoms with Gasteiger partial charge < -0.3 is 5.32 Å². The van der Waals surface area contributed by atoms with Crippen LogP contribution in [-0.2, 0) is 10.3 Å². The maximum Gasteiger partial charge on any atom is 0.278 e. The molecule has 2 rings (SSSR count). The Morgan fingerprint density at radius 2 is 1.74 bits per heavy atom. The van der Waals surface area contributed by atoms with E-state index in [1.54, 1.807) is 0 Å². The summed E-state index contributed by atoms with van der Waals surface area (Å²) in [5.41, 5.74) is -5.29. The first kappa shape index (κ1) is 13.8. The standard InChI is InChI=1S/C13H13F4NO/c1-11(15)7-13(16,17)12(2,18-10(11)19)8-5-3-4-6-9(8)14/h3-6H,7H2,1-2H3,(H,18,19)/t11-,12+/m0/s1. The SMILES string of the molecule is C[C@]1(F)CC(F)(F)[C@@](C)(c2ccccc2F)NC1=O. The molecule has 6 heteroatoms. The summed E-state index contributed by atoms with van der Waals surface area (Å²) in [5.74, 6) is -5.64. The molecule has 0 unspecified atom stereocenters. The van der Waals surface area contributed by atoms with Gasteiger partial charge in [0.05, 0.1) is 6.42 Å². The third-order valence-electron chi connectivity index (χ3n) is 3.54. The van der Waals surface area contributed by atoms with Crippen LogP contribution >= 0.6 is 0 Å². The van der Waals surface area contributed by atoms with E-state index in [0.717, 1.165) is 26.0 Å². The van der Waals surface area contributed by atoms with Crippen molar-refractivity contribution >= 4 is 5.91 Å². The summed E-state index contributed by atoms with van der Waals surface area (Å²) < 4.78 is 55.8. The second-order valence-electron chi connectivity index (χ2n) is 5.14. The summed E-state index contributed by atoms with van der Waals surface area (Å²) in [5, 5.41) is 1.93. The first-order valence-electron chi connectivity index (χ1n) is 5.74. The lowest BCUT2D eigenvalue weighted by Gasteiger charge is -2.45. The van der Waals surface area contributed by atoms with E-state index in [1.165, 1.54) is 12.1 Å². The third-order valence-corrected chi connectivity index (χ3v) is 3.54. The van der Waals surface area contributed by atoms with Crippen LogP contribution in [0.1, 0.15) is 25.8 Å². The quantitative estimate of drug-likeness (QED) is 0.784. The number of rotatable bonds is 1. The van der Waals surface area contributed by atoms with Crippen LogP contribution in [0.5, 0.6) is 0 Å².